The smallest absolute Gasteiger partial charge is 0.240 e. The summed E-state index contributed by atoms with van der Waals surface area (Å²) in [5, 5.41) is 0. The first-order valence-electron chi connectivity index (χ1n) is 5.57. The van der Waals surface area contributed by atoms with Crippen LogP contribution < -0.4 is 5.73 Å². The number of likely N-dealkylation sites (tertiary alicyclic amines) is 1. The van der Waals surface area contributed by atoms with Crippen molar-refractivity contribution in [3.8, 4) is 0 Å². The highest BCUT2D eigenvalue weighted by molar-refractivity contribution is 5.84. The van der Waals surface area contributed by atoms with Gasteiger partial charge in [-0.2, -0.15) is 0 Å². The molecule has 0 aromatic heterocycles. The second-order valence-electron chi connectivity index (χ2n) is 4.61. The number of hydrogen-bond acceptors (Lipinski definition) is 3. The standard InChI is InChI=1S/C11H20N2O2/c1-8(2)6-10(12)11(15)13-5-3-4-9(13)7-14/h7-10H,3-6,12H2,1-2H3/t9-,10+/m1/s1. The zero-order chi connectivity index (χ0) is 11.4. The van der Waals surface area contributed by atoms with Crippen LogP contribution in [0.1, 0.15) is 33.1 Å². The largest absolute Gasteiger partial charge is 0.332 e. The van der Waals surface area contributed by atoms with Gasteiger partial charge in [-0.1, -0.05) is 13.8 Å². The summed E-state index contributed by atoms with van der Waals surface area (Å²) in [4.78, 5) is 24.2. The highest BCUT2D eigenvalue weighted by Gasteiger charge is 2.31. The van der Waals surface area contributed by atoms with Gasteiger partial charge >= 0.3 is 0 Å². The van der Waals surface area contributed by atoms with E-state index in [2.05, 4.69) is 0 Å². The van der Waals surface area contributed by atoms with Gasteiger partial charge < -0.3 is 15.4 Å². The number of hydrogen-bond donors (Lipinski definition) is 1. The van der Waals surface area contributed by atoms with Crippen LogP contribution in [0.2, 0.25) is 0 Å². The first kappa shape index (κ1) is 12.2. The third-order valence-electron chi connectivity index (χ3n) is 2.78. The molecule has 0 radical (unpaired) electrons. The molecule has 1 saturated heterocycles. The Hall–Kier alpha value is -0.900. The van der Waals surface area contributed by atoms with Gasteiger partial charge in [0.1, 0.15) is 6.29 Å². The lowest BCUT2D eigenvalue weighted by Gasteiger charge is -2.24. The average molecular weight is 212 g/mol. The van der Waals surface area contributed by atoms with Gasteiger partial charge in [-0.3, -0.25) is 4.79 Å². The molecule has 4 nitrogen and oxygen atoms in total. The molecule has 0 spiro atoms. The zero-order valence-electron chi connectivity index (χ0n) is 9.48. The molecule has 2 atom stereocenters. The third kappa shape index (κ3) is 3.02. The van der Waals surface area contributed by atoms with E-state index in [1.54, 1.807) is 4.90 Å². The molecule has 15 heavy (non-hydrogen) atoms. The minimum absolute atomic E-state index is 0.0710. The minimum atomic E-state index is -0.453. The zero-order valence-corrected chi connectivity index (χ0v) is 9.48. The Morgan fingerprint density at radius 2 is 2.27 bits per heavy atom. The summed E-state index contributed by atoms with van der Waals surface area (Å²) in [5.41, 5.74) is 5.81. The summed E-state index contributed by atoms with van der Waals surface area (Å²) in [7, 11) is 0. The highest BCUT2D eigenvalue weighted by Crippen LogP contribution is 2.17. The van der Waals surface area contributed by atoms with Crippen LogP contribution in [0, 0.1) is 5.92 Å². The maximum atomic E-state index is 11.9. The number of nitrogens with two attached hydrogens (primary N) is 1. The van der Waals surface area contributed by atoms with Gasteiger partial charge in [0.05, 0.1) is 12.1 Å². The maximum absolute atomic E-state index is 11.9. The lowest BCUT2D eigenvalue weighted by atomic mass is 10.0. The van der Waals surface area contributed by atoms with Crippen LogP contribution in [0.4, 0.5) is 0 Å². The van der Waals surface area contributed by atoms with E-state index in [9.17, 15) is 9.59 Å². The van der Waals surface area contributed by atoms with E-state index in [4.69, 9.17) is 5.73 Å². The van der Waals surface area contributed by atoms with Gasteiger partial charge in [-0.25, -0.2) is 0 Å². The second kappa shape index (κ2) is 5.26. The normalized spacial score (nSPS) is 23.2. The fraction of sp³-hybridized carbons (Fsp3) is 0.818. The molecule has 0 unspecified atom stereocenters. The summed E-state index contributed by atoms with van der Waals surface area (Å²) in [5.74, 6) is 0.333. The van der Waals surface area contributed by atoms with Crippen molar-refractivity contribution in [2.75, 3.05) is 6.54 Å². The predicted octanol–water partition coefficient (Wildman–Crippen LogP) is 0.550. The van der Waals surface area contributed by atoms with E-state index < -0.39 is 6.04 Å². The number of nitrogens with zero attached hydrogens (tertiary/aromatic N) is 1. The van der Waals surface area contributed by atoms with Gasteiger partial charge in [0.15, 0.2) is 0 Å². The summed E-state index contributed by atoms with van der Waals surface area (Å²) in [6.45, 7) is 4.75. The van der Waals surface area contributed by atoms with Crippen molar-refractivity contribution < 1.29 is 9.59 Å². The van der Waals surface area contributed by atoms with Crippen molar-refractivity contribution >= 4 is 12.2 Å². The van der Waals surface area contributed by atoms with Crippen LogP contribution in [0.3, 0.4) is 0 Å². The molecule has 1 fully saturated rings. The van der Waals surface area contributed by atoms with Crippen molar-refractivity contribution in [3.05, 3.63) is 0 Å². The number of amides is 1. The molecule has 2 N–H and O–H groups in total. The topological polar surface area (TPSA) is 63.4 Å². The Kier molecular flexibility index (Phi) is 4.27. The Morgan fingerprint density at radius 3 is 2.80 bits per heavy atom. The number of carbonyl (C=O) groups excluding carboxylic acids is 2. The monoisotopic (exact) mass is 212 g/mol. The van der Waals surface area contributed by atoms with Crippen LogP contribution in [-0.4, -0.2) is 35.7 Å². The van der Waals surface area contributed by atoms with Crippen LogP contribution in [-0.2, 0) is 9.59 Å². The first-order chi connectivity index (χ1) is 7.06. The Bertz CT molecular complexity index is 241. The molecular formula is C11H20N2O2. The molecule has 1 amide bonds. The fourth-order valence-corrected chi connectivity index (χ4v) is 2.03. The second-order valence-corrected chi connectivity index (χ2v) is 4.61. The van der Waals surface area contributed by atoms with Crippen LogP contribution >= 0.6 is 0 Å². The molecule has 1 aliphatic rings. The highest BCUT2D eigenvalue weighted by atomic mass is 16.2. The minimum Gasteiger partial charge on any atom is -0.332 e. The summed E-state index contributed by atoms with van der Waals surface area (Å²) >= 11 is 0. The molecule has 86 valence electrons. The molecule has 4 heteroatoms. The molecular weight excluding hydrogens is 192 g/mol. The van der Waals surface area contributed by atoms with E-state index in [-0.39, 0.29) is 11.9 Å². The van der Waals surface area contributed by atoms with Crippen LogP contribution in [0.15, 0.2) is 0 Å². The van der Waals surface area contributed by atoms with Gasteiger partial charge in [0, 0.05) is 6.54 Å². The van der Waals surface area contributed by atoms with Gasteiger partial charge in [0.25, 0.3) is 0 Å². The average Bonchev–Trinajstić information content (AvgIpc) is 2.62. The molecule has 0 aliphatic carbocycles. The summed E-state index contributed by atoms with van der Waals surface area (Å²) < 4.78 is 0. The van der Waals surface area contributed by atoms with Gasteiger partial charge in [-0.05, 0) is 25.2 Å². The molecule has 0 aromatic carbocycles. The van der Waals surface area contributed by atoms with E-state index in [1.165, 1.54) is 0 Å². The number of carbonyl (C=O) groups is 2. The van der Waals surface area contributed by atoms with Crippen LogP contribution in [0.5, 0.6) is 0 Å². The van der Waals surface area contributed by atoms with Gasteiger partial charge in [-0.15, -0.1) is 0 Å². The molecule has 1 heterocycles. The van der Waals surface area contributed by atoms with Crippen molar-refractivity contribution in [2.45, 2.75) is 45.2 Å². The molecule has 1 aliphatic heterocycles. The Labute approximate surface area is 90.8 Å². The quantitative estimate of drug-likeness (QED) is 0.692. The van der Waals surface area contributed by atoms with Crippen molar-refractivity contribution in [2.24, 2.45) is 11.7 Å². The molecule has 0 saturated carbocycles. The molecule has 1 rings (SSSR count). The number of rotatable bonds is 4. The Morgan fingerprint density at radius 1 is 1.60 bits per heavy atom. The van der Waals surface area contributed by atoms with E-state index in [0.29, 0.717) is 18.9 Å². The lowest BCUT2D eigenvalue weighted by Crippen LogP contribution is -2.46. The van der Waals surface area contributed by atoms with Crippen molar-refractivity contribution in [3.63, 3.8) is 0 Å². The van der Waals surface area contributed by atoms with Crippen molar-refractivity contribution in [1.82, 2.24) is 4.90 Å². The van der Waals surface area contributed by atoms with Gasteiger partial charge in [0.2, 0.25) is 5.91 Å². The molecule has 0 bridgehead atoms. The Balaban J connectivity index is 2.55. The SMILES string of the molecule is CC(C)C[C@H](N)C(=O)N1CCC[C@@H]1C=O. The van der Waals surface area contributed by atoms with E-state index >= 15 is 0 Å². The van der Waals surface area contributed by atoms with Crippen molar-refractivity contribution in [1.29, 1.82) is 0 Å². The first-order valence-corrected chi connectivity index (χ1v) is 5.57. The van der Waals surface area contributed by atoms with E-state index in [1.807, 2.05) is 13.8 Å². The summed E-state index contributed by atoms with van der Waals surface area (Å²) in [6, 6.07) is -0.693. The number of aldehydes is 1. The lowest BCUT2D eigenvalue weighted by molar-refractivity contribution is -0.136. The molecule has 0 aromatic rings. The third-order valence-corrected chi connectivity index (χ3v) is 2.78. The summed E-state index contributed by atoms with van der Waals surface area (Å²) in [6.07, 6.45) is 3.22. The van der Waals surface area contributed by atoms with Crippen LogP contribution in [0.25, 0.3) is 0 Å². The van der Waals surface area contributed by atoms with E-state index in [0.717, 1.165) is 19.1 Å². The fourth-order valence-electron chi connectivity index (χ4n) is 2.03. The predicted molar refractivity (Wildman–Crippen MR) is 58.2 cm³/mol. The maximum Gasteiger partial charge on any atom is 0.240 e.